The Bertz CT molecular complexity index is 1080. The van der Waals surface area contributed by atoms with Crippen molar-refractivity contribution in [1.29, 1.82) is 0 Å². The zero-order valence-electron chi connectivity index (χ0n) is 14.8. The van der Waals surface area contributed by atoms with E-state index < -0.39 is 0 Å². The SMILES string of the molecule is C#CCn1c(=NC(=O)c2cc(C)n(CC)n2)sc2c(C)cc(C)cc21. The van der Waals surface area contributed by atoms with Gasteiger partial charge in [-0.3, -0.25) is 9.48 Å². The maximum Gasteiger partial charge on any atom is 0.300 e. The average molecular weight is 352 g/mol. The number of hydrogen-bond acceptors (Lipinski definition) is 3. The van der Waals surface area contributed by atoms with Gasteiger partial charge in [-0.1, -0.05) is 23.3 Å². The second-order valence-electron chi connectivity index (χ2n) is 6.01. The fourth-order valence-electron chi connectivity index (χ4n) is 2.92. The Morgan fingerprint density at radius 1 is 1.32 bits per heavy atom. The topological polar surface area (TPSA) is 52.2 Å². The summed E-state index contributed by atoms with van der Waals surface area (Å²) in [4.78, 5) is 17.5. The van der Waals surface area contributed by atoms with Gasteiger partial charge in [0.05, 0.1) is 16.8 Å². The van der Waals surface area contributed by atoms with Gasteiger partial charge in [-0.25, -0.2) is 0 Å². The fourth-order valence-corrected chi connectivity index (χ4v) is 4.00. The third kappa shape index (κ3) is 3.15. The summed E-state index contributed by atoms with van der Waals surface area (Å²) in [6.07, 6.45) is 5.53. The summed E-state index contributed by atoms with van der Waals surface area (Å²) in [6.45, 7) is 9.12. The molecule has 25 heavy (non-hydrogen) atoms. The number of nitrogens with zero attached hydrogens (tertiary/aromatic N) is 4. The van der Waals surface area contributed by atoms with Gasteiger partial charge in [-0.15, -0.1) is 6.42 Å². The number of terminal acetylenes is 1. The number of thiazole rings is 1. The lowest BCUT2D eigenvalue weighted by atomic mass is 10.1. The van der Waals surface area contributed by atoms with Crippen LogP contribution in [0.4, 0.5) is 0 Å². The lowest BCUT2D eigenvalue weighted by molar-refractivity contribution is 0.0992. The number of hydrogen-bond donors (Lipinski definition) is 0. The molecule has 3 aromatic rings. The van der Waals surface area contributed by atoms with E-state index in [1.807, 2.05) is 25.3 Å². The van der Waals surface area contributed by atoms with E-state index in [2.05, 4.69) is 35.1 Å². The molecule has 1 amide bonds. The smallest absolute Gasteiger partial charge is 0.300 e. The molecule has 0 aliphatic heterocycles. The molecule has 0 aliphatic rings. The molecular formula is C19H20N4OS. The highest BCUT2D eigenvalue weighted by molar-refractivity contribution is 7.16. The molecule has 1 aromatic carbocycles. The van der Waals surface area contributed by atoms with Crippen molar-refractivity contribution in [2.24, 2.45) is 4.99 Å². The van der Waals surface area contributed by atoms with Crippen molar-refractivity contribution in [3.63, 3.8) is 0 Å². The molecule has 128 valence electrons. The molecule has 0 unspecified atom stereocenters. The molecule has 0 saturated heterocycles. The lowest BCUT2D eigenvalue weighted by Crippen LogP contribution is -2.16. The molecule has 6 heteroatoms. The van der Waals surface area contributed by atoms with Gasteiger partial charge in [0.15, 0.2) is 10.5 Å². The number of aryl methyl sites for hydroxylation is 4. The maximum absolute atomic E-state index is 12.6. The second kappa shape index (κ2) is 6.69. The predicted molar refractivity (Wildman–Crippen MR) is 101 cm³/mol. The minimum atomic E-state index is -0.345. The van der Waals surface area contributed by atoms with E-state index in [0.717, 1.165) is 33.6 Å². The van der Waals surface area contributed by atoms with Crippen LogP contribution in [0.15, 0.2) is 23.2 Å². The van der Waals surface area contributed by atoms with Gasteiger partial charge in [0, 0.05) is 12.2 Å². The van der Waals surface area contributed by atoms with Crippen LogP contribution in [0.5, 0.6) is 0 Å². The van der Waals surface area contributed by atoms with E-state index in [-0.39, 0.29) is 5.91 Å². The van der Waals surface area contributed by atoms with Crippen LogP contribution in [0.2, 0.25) is 0 Å². The van der Waals surface area contributed by atoms with E-state index in [4.69, 9.17) is 6.42 Å². The van der Waals surface area contributed by atoms with Crippen LogP contribution in [0.3, 0.4) is 0 Å². The lowest BCUT2D eigenvalue weighted by Gasteiger charge is -2.02. The Labute approximate surface area is 150 Å². The maximum atomic E-state index is 12.6. The number of carbonyl (C=O) groups is 1. The first-order chi connectivity index (χ1) is 11.9. The minimum Gasteiger partial charge on any atom is -0.305 e. The Hall–Kier alpha value is -2.65. The van der Waals surface area contributed by atoms with Crippen LogP contribution < -0.4 is 4.80 Å². The normalized spacial score (nSPS) is 11.9. The summed E-state index contributed by atoms with van der Waals surface area (Å²) in [5.41, 5.74) is 4.63. The van der Waals surface area contributed by atoms with Crippen molar-refractivity contribution in [2.45, 2.75) is 40.8 Å². The largest absolute Gasteiger partial charge is 0.305 e. The van der Waals surface area contributed by atoms with Gasteiger partial charge >= 0.3 is 0 Å². The Balaban J connectivity index is 2.18. The molecule has 2 heterocycles. The summed E-state index contributed by atoms with van der Waals surface area (Å²) in [7, 11) is 0. The number of amides is 1. The van der Waals surface area contributed by atoms with Gasteiger partial charge in [-0.2, -0.15) is 10.1 Å². The fraction of sp³-hybridized carbons (Fsp3) is 0.316. The van der Waals surface area contributed by atoms with E-state index >= 15 is 0 Å². The summed E-state index contributed by atoms with van der Waals surface area (Å²) in [5.74, 6) is 2.31. The van der Waals surface area contributed by atoms with E-state index in [0.29, 0.717) is 17.0 Å². The summed E-state index contributed by atoms with van der Waals surface area (Å²) >= 11 is 1.48. The van der Waals surface area contributed by atoms with Gasteiger partial charge in [0.25, 0.3) is 5.91 Å². The van der Waals surface area contributed by atoms with E-state index in [1.165, 1.54) is 11.3 Å². The molecule has 3 rings (SSSR count). The summed E-state index contributed by atoms with van der Waals surface area (Å²) in [6, 6.07) is 5.97. The first kappa shape index (κ1) is 17.2. The molecule has 5 nitrogen and oxygen atoms in total. The summed E-state index contributed by atoms with van der Waals surface area (Å²) in [5, 5.41) is 4.31. The molecule has 0 fully saturated rings. The Morgan fingerprint density at radius 2 is 2.08 bits per heavy atom. The third-order valence-corrected chi connectivity index (χ3v) is 5.29. The zero-order chi connectivity index (χ0) is 18.1. The number of aromatic nitrogens is 3. The average Bonchev–Trinajstić information content (AvgIpc) is 3.10. The van der Waals surface area contributed by atoms with Crippen LogP contribution in [0, 0.1) is 33.1 Å². The van der Waals surface area contributed by atoms with Crippen molar-refractivity contribution in [3.8, 4) is 12.3 Å². The molecule has 0 radical (unpaired) electrons. The van der Waals surface area contributed by atoms with Crippen molar-refractivity contribution in [2.75, 3.05) is 0 Å². The third-order valence-electron chi connectivity index (χ3n) is 4.06. The molecule has 0 atom stereocenters. The van der Waals surface area contributed by atoms with Crippen molar-refractivity contribution in [1.82, 2.24) is 14.3 Å². The molecule has 0 N–H and O–H groups in total. The van der Waals surface area contributed by atoms with Crippen LogP contribution in [-0.4, -0.2) is 20.3 Å². The van der Waals surface area contributed by atoms with Gasteiger partial charge in [-0.05, 0) is 51.0 Å². The van der Waals surface area contributed by atoms with Crippen LogP contribution in [0.1, 0.15) is 34.2 Å². The number of fused-ring (bicyclic) bond motifs is 1. The number of rotatable bonds is 3. The highest BCUT2D eigenvalue weighted by Gasteiger charge is 2.14. The van der Waals surface area contributed by atoms with Gasteiger partial charge < -0.3 is 4.57 Å². The highest BCUT2D eigenvalue weighted by Crippen LogP contribution is 2.23. The first-order valence-electron chi connectivity index (χ1n) is 8.12. The minimum absolute atomic E-state index is 0.345. The van der Waals surface area contributed by atoms with Gasteiger partial charge in [0.2, 0.25) is 0 Å². The second-order valence-corrected chi connectivity index (χ2v) is 6.99. The van der Waals surface area contributed by atoms with E-state index in [1.54, 1.807) is 10.7 Å². The molecule has 0 saturated carbocycles. The monoisotopic (exact) mass is 352 g/mol. The molecule has 2 aromatic heterocycles. The first-order valence-corrected chi connectivity index (χ1v) is 8.93. The standard InChI is InChI=1S/C19H20N4OS/c1-6-8-22-16-10-12(3)9-13(4)17(16)25-19(22)20-18(24)15-11-14(5)23(7-2)21-15/h1,9-11H,7-8H2,2-5H3. The van der Waals surface area contributed by atoms with Crippen LogP contribution in [-0.2, 0) is 13.1 Å². The van der Waals surface area contributed by atoms with Crippen molar-refractivity contribution < 1.29 is 4.79 Å². The molecular weight excluding hydrogens is 332 g/mol. The van der Waals surface area contributed by atoms with Gasteiger partial charge in [0.1, 0.15) is 0 Å². The van der Waals surface area contributed by atoms with E-state index in [9.17, 15) is 4.79 Å². The van der Waals surface area contributed by atoms with Crippen molar-refractivity contribution >= 4 is 27.5 Å². The van der Waals surface area contributed by atoms with Crippen molar-refractivity contribution in [3.05, 3.63) is 45.5 Å². The molecule has 0 aliphatic carbocycles. The Kier molecular flexibility index (Phi) is 4.60. The molecule has 0 bridgehead atoms. The highest BCUT2D eigenvalue weighted by atomic mass is 32.1. The number of carbonyl (C=O) groups excluding carboxylic acids is 1. The van der Waals surface area contributed by atoms with Crippen LogP contribution >= 0.6 is 11.3 Å². The quantitative estimate of drug-likeness (QED) is 0.680. The Morgan fingerprint density at radius 3 is 2.72 bits per heavy atom. The van der Waals surface area contributed by atoms with Crippen LogP contribution in [0.25, 0.3) is 10.2 Å². The zero-order valence-corrected chi connectivity index (χ0v) is 15.6. The molecule has 0 spiro atoms. The number of benzene rings is 1. The predicted octanol–water partition coefficient (Wildman–Crippen LogP) is 3.22. The summed E-state index contributed by atoms with van der Waals surface area (Å²) < 4.78 is 4.81.